The van der Waals surface area contributed by atoms with E-state index in [0.29, 0.717) is 12.1 Å². The van der Waals surface area contributed by atoms with E-state index in [-0.39, 0.29) is 0 Å². The van der Waals surface area contributed by atoms with Crippen LogP contribution in [0.4, 0.5) is 0 Å². The maximum Gasteiger partial charge on any atom is 0.0447 e. The van der Waals surface area contributed by atoms with E-state index in [2.05, 4.69) is 71.3 Å². The molecular formula is C16H18N2. The van der Waals surface area contributed by atoms with Crippen LogP contribution < -0.4 is 10.6 Å². The first-order valence-corrected chi connectivity index (χ1v) is 6.50. The summed E-state index contributed by atoms with van der Waals surface area (Å²) in [5, 5.41) is 7.24. The van der Waals surface area contributed by atoms with Crippen molar-refractivity contribution >= 4 is 0 Å². The summed E-state index contributed by atoms with van der Waals surface area (Å²) >= 11 is 0. The van der Waals surface area contributed by atoms with Crippen LogP contribution in [0.5, 0.6) is 0 Å². The highest BCUT2D eigenvalue weighted by atomic mass is 15.1. The zero-order chi connectivity index (χ0) is 12.2. The average Bonchev–Trinajstić information content (AvgIpc) is 2.49. The van der Waals surface area contributed by atoms with Gasteiger partial charge in [0, 0.05) is 25.2 Å². The second-order valence-corrected chi connectivity index (χ2v) is 4.74. The largest absolute Gasteiger partial charge is 0.307 e. The molecule has 1 saturated heterocycles. The Hall–Kier alpha value is -1.64. The molecule has 2 aromatic rings. The Morgan fingerprint density at radius 3 is 1.33 bits per heavy atom. The number of hydrogen-bond acceptors (Lipinski definition) is 2. The molecule has 2 unspecified atom stereocenters. The molecule has 0 aromatic heterocycles. The molecule has 0 spiro atoms. The van der Waals surface area contributed by atoms with Crippen LogP contribution in [0, 0.1) is 0 Å². The lowest BCUT2D eigenvalue weighted by molar-refractivity contribution is 0.357. The molecule has 2 atom stereocenters. The van der Waals surface area contributed by atoms with E-state index >= 15 is 0 Å². The number of nitrogens with one attached hydrogen (secondary N) is 2. The molecule has 0 amide bonds. The maximum absolute atomic E-state index is 3.62. The van der Waals surface area contributed by atoms with Crippen molar-refractivity contribution in [3.05, 3.63) is 71.8 Å². The Morgan fingerprint density at radius 2 is 1.00 bits per heavy atom. The van der Waals surface area contributed by atoms with Gasteiger partial charge in [0.25, 0.3) is 0 Å². The SMILES string of the molecule is c1ccc(C2CNC(c3ccccc3)CN2)cc1. The zero-order valence-electron chi connectivity index (χ0n) is 10.3. The van der Waals surface area contributed by atoms with Crippen molar-refractivity contribution in [3.63, 3.8) is 0 Å². The second kappa shape index (κ2) is 5.34. The highest BCUT2D eigenvalue weighted by molar-refractivity contribution is 5.23. The van der Waals surface area contributed by atoms with Crippen LogP contribution >= 0.6 is 0 Å². The summed E-state index contributed by atoms with van der Waals surface area (Å²) in [6.45, 7) is 1.95. The molecule has 0 aliphatic carbocycles. The Bertz CT molecular complexity index is 425. The first-order valence-electron chi connectivity index (χ1n) is 6.50. The summed E-state index contributed by atoms with van der Waals surface area (Å²) in [4.78, 5) is 0. The van der Waals surface area contributed by atoms with Crippen molar-refractivity contribution in [3.8, 4) is 0 Å². The van der Waals surface area contributed by atoms with Crippen molar-refractivity contribution in [2.45, 2.75) is 12.1 Å². The topological polar surface area (TPSA) is 24.1 Å². The quantitative estimate of drug-likeness (QED) is 0.840. The minimum Gasteiger partial charge on any atom is -0.307 e. The van der Waals surface area contributed by atoms with E-state index in [9.17, 15) is 0 Å². The molecule has 1 aliphatic heterocycles. The summed E-state index contributed by atoms with van der Waals surface area (Å²) in [6.07, 6.45) is 0. The monoisotopic (exact) mass is 238 g/mol. The summed E-state index contributed by atoms with van der Waals surface area (Å²) in [7, 11) is 0. The highest BCUT2D eigenvalue weighted by Gasteiger charge is 2.21. The van der Waals surface area contributed by atoms with Gasteiger partial charge in [-0.15, -0.1) is 0 Å². The molecule has 0 radical (unpaired) electrons. The third-order valence-corrected chi connectivity index (χ3v) is 3.54. The first-order chi connectivity index (χ1) is 8.93. The van der Waals surface area contributed by atoms with Gasteiger partial charge < -0.3 is 10.6 Å². The molecule has 1 aliphatic rings. The Balaban J connectivity index is 1.65. The van der Waals surface area contributed by atoms with Gasteiger partial charge in [0.2, 0.25) is 0 Å². The van der Waals surface area contributed by atoms with E-state index in [1.165, 1.54) is 11.1 Å². The number of benzene rings is 2. The molecular weight excluding hydrogens is 220 g/mol. The highest BCUT2D eigenvalue weighted by Crippen LogP contribution is 2.20. The van der Waals surface area contributed by atoms with Gasteiger partial charge in [-0.25, -0.2) is 0 Å². The lowest BCUT2D eigenvalue weighted by atomic mass is 10.00. The van der Waals surface area contributed by atoms with Crippen molar-refractivity contribution in [2.24, 2.45) is 0 Å². The summed E-state index contributed by atoms with van der Waals surface area (Å²) in [5.74, 6) is 0. The molecule has 0 bridgehead atoms. The van der Waals surface area contributed by atoms with Gasteiger partial charge in [0.1, 0.15) is 0 Å². The van der Waals surface area contributed by atoms with Gasteiger partial charge in [0.05, 0.1) is 0 Å². The fraction of sp³-hybridized carbons (Fsp3) is 0.250. The third kappa shape index (κ3) is 2.45. The van der Waals surface area contributed by atoms with Crippen LogP contribution in [0.3, 0.4) is 0 Å². The Kier molecular flexibility index (Phi) is 3.40. The Labute approximate surface area is 108 Å². The predicted octanol–water partition coefficient (Wildman–Crippen LogP) is 2.66. The van der Waals surface area contributed by atoms with Crippen LogP contribution in [0.25, 0.3) is 0 Å². The van der Waals surface area contributed by atoms with Crippen LogP contribution in [0.15, 0.2) is 60.7 Å². The number of rotatable bonds is 2. The number of piperazine rings is 1. The van der Waals surface area contributed by atoms with Crippen LogP contribution in [0.1, 0.15) is 23.2 Å². The van der Waals surface area contributed by atoms with Crippen molar-refractivity contribution in [1.82, 2.24) is 10.6 Å². The van der Waals surface area contributed by atoms with Crippen LogP contribution in [-0.4, -0.2) is 13.1 Å². The van der Waals surface area contributed by atoms with E-state index in [1.807, 2.05) is 0 Å². The van der Waals surface area contributed by atoms with E-state index < -0.39 is 0 Å². The molecule has 2 nitrogen and oxygen atoms in total. The molecule has 18 heavy (non-hydrogen) atoms. The second-order valence-electron chi connectivity index (χ2n) is 4.74. The van der Waals surface area contributed by atoms with E-state index in [1.54, 1.807) is 0 Å². The first kappa shape index (κ1) is 11.5. The lowest BCUT2D eigenvalue weighted by Crippen LogP contribution is -2.45. The van der Waals surface area contributed by atoms with E-state index in [4.69, 9.17) is 0 Å². The lowest BCUT2D eigenvalue weighted by Gasteiger charge is -2.31. The fourth-order valence-electron chi connectivity index (χ4n) is 2.51. The minimum atomic E-state index is 0.422. The van der Waals surface area contributed by atoms with Crippen molar-refractivity contribution in [2.75, 3.05) is 13.1 Å². The fourth-order valence-corrected chi connectivity index (χ4v) is 2.51. The summed E-state index contributed by atoms with van der Waals surface area (Å²) in [6, 6.07) is 22.1. The molecule has 2 heteroatoms. The van der Waals surface area contributed by atoms with Gasteiger partial charge >= 0.3 is 0 Å². The molecule has 1 fully saturated rings. The van der Waals surface area contributed by atoms with Crippen LogP contribution in [-0.2, 0) is 0 Å². The zero-order valence-corrected chi connectivity index (χ0v) is 10.3. The number of hydrogen-bond donors (Lipinski definition) is 2. The van der Waals surface area contributed by atoms with Gasteiger partial charge in [-0.2, -0.15) is 0 Å². The standard InChI is InChI=1S/C16H18N2/c1-3-7-13(8-4-1)15-11-18-16(12-17-15)14-9-5-2-6-10-14/h1-10,15-18H,11-12H2. The van der Waals surface area contributed by atoms with Crippen LogP contribution in [0.2, 0.25) is 0 Å². The smallest absolute Gasteiger partial charge is 0.0447 e. The molecule has 2 aromatic carbocycles. The van der Waals surface area contributed by atoms with Gasteiger partial charge in [-0.3, -0.25) is 0 Å². The normalized spacial score (nSPS) is 23.8. The molecule has 3 rings (SSSR count). The summed E-state index contributed by atoms with van der Waals surface area (Å²) in [5.41, 5.74) is 2.72. The van der Waals surface area contributed by atoms with Gasteiger partial charge in [-0.05, 0) is 11.1 Å². The molecule has 2 N–H and O–H groups in total. The minimum absolute atomic E-state index is 0.422. The van der Waals surface area contributed by atoms with Crippen molar-refractivity contribution < 1.29 is 0 Å². The molecule has 0 saturated carbocycles. The summed E-state index contributed by atoms with van der Waals surface area (Å²) < 4.78 is 0. The van der Waals surface area contributed by atoms with Crippen molar-refractivity contribution in [1.29, 1.82) is 0 Å². The maximum atomic E-state index is 3.62. The van der Waals surface area contributed by atoms with E-state index in [0.717, 1.165) is 13.1 Å². The molecule has 92 valence electrons. The predicted molar refractivity (Wildman–Crippen MR) is 74.4 cm³/mol. The molecule has 1 heterocycles. The average molecular weight is 238 g/mol. The Morgan fingerprint density at radius 1 is 0.611 bits per heavy atom. The van der Waals surface area contributed by atoms with Gasteiger partial charge in [-0.1, -0.05) is 60.7 Å². The van der Waals surface area contributed by atoms with Gasteiger partial charge in [0.15, 0.2) is 0 Å². The third-order valence-electron chi connectivity index (χ3n) is 3.54.